The SMILES string of the molecule is CCCCCC/C=C/CCCCCCCCCC(=O)OC[C@H](CO[C@H]1O[C@H](CS(=O)(=O)O)[C@@H](O)C(O)C1O)OC(=O)CCC/C=C/C/C=C/C/C=C/C/C=C/CCCCCCCCC. The first-order valence-corrected chi connectivity index (χ1v) is 26.5. The van der Waals surface area contributed by atoms with Crippen LogP contribution in [0.5, 0.6) is 0 Å². The van der Waals surface area contributed by atoms with Gasteiger partial charge in [-0.1, -0.05) is 164 Å². The molecule has 1 saturated heterocycles. The average molecular weight is 925 g/mol. The van der Waals surface area contributed by atoms with Crippen LogP contribution in [-0.4, -0.2) is 96.0 Å². The molecular weight excluding hydrogens is 837 g/mol. The van der Waals surface area contributed by atoms with Crippen molar-refractivity contribution < 1.29 is 56.8 Å². The minimum absolute atomic E-state index is 0.0859. The third kappa shape index (κ3) is 34.7. The Labute approximate surface area is 387 Å². The van der Waals surface area contributed by atoms with Crippen LogP contribution in [0.15, 0.2) is 60.8 Å². The van der Waals surface area contributed by atoms with E-state index in [0.29, 0.717) is 19.3 Å². The molecule has 1 heterocycles. The summed E-state index contributed by atoms with van der Waals surface area (Å²) in [5.41, 5.74) is 0. The van der Waals surface area contributed by atoms with Crippen molar-refractivity contribution in [2.75, 3.05) is 19.0 Å². The zero-order valence-electron chi connectivity index (χ0n) is 39.6. The number of esters is 2. The second-order valence-corrected chi connectivity index (χ2v) is 18.6. The van der Waals surface area contributed by atoms with Gasteiger partial charge in [-0.25, -0.2) is 0 Å². The molecule has 0 amide bonds. The molecule has 2 unspecified atom stereocenters. The first-order chi connectivity index (χ1) is 31.0. The molecule has 6 atom stereocenters. The Bertz CT molecular complexity index is 1410. The van der Waals surface area contributed by atoms with Gasteiger partial charge in [0, 0.05) is 12.8 Å². The number of aliphatic hydroxyl groups is 3. The summed E-state index contributed by atoms with van der Waals surface area (Å²) in [5, 5.41) is 30.9. The molecule has 0 saturated carbocycles. The van der Waals surface area contributed by atoms with E-state index in [4.69, 9.17) is 18.9 Å². The summed E-state index contributed by atoms with van der Waals surface area (Å²) in [6.07, 6.45) is 41.2. The van der Waals surface area contributed by atoms with E-state index in [1.54, 1.807) is 0 Å². The highest BCUT2D eigenvalue weighted by atomic mass is 32.2. The van der Waals surface area contributed by atoms with Crippen molar-refractivity contribution in [1.82, 2.24) is 0 Å². The molecule has 0 spiro atoms. The van der Waals surface area contributed by atoms with Crippen LogP contribution in [0, 0.1) is 0 Å². The minimum Gasteiger partial charge on any atom is -0.462 e. The van der Waals surface area contributed by atoms with Gasteiger partial charge < -0.3 is 34.3 Å². The van der Waals surface area contributed by atoms with Gasteiger partial charge >= 0.3 is 11.9 Å². The van der Waals surface area contributed by atoms with E-state index >= 15 is 0 Å². The molecule has 1 aliphatic rings. The fourth-order valence-electron chi connectivity index (χ4n) is 7.19. The van der Waals surface area contributed by atoms with Gasteiger partial charge in [0.25, 0.3) is 10.1 Å². The molecule has 0 aromatic carbocycles. The van der Waals surface area contributed by atoms with E-state index < -0.39 is 71.2 Å². The summed E-state index contributed by atoms with van der Waals surface area (Å²) < 4.78 is 54.1. The summed E-state index contributed by atoms with van der Waals surface area (Å²) in [4.78, 5) is 25.5. The molecule has 370 valence electrons. The van der Waals surface area contributed by atoms with Crippen LogP contribution in [0.3, 0.4) is 0 Å². The van der Waals surface area contributed by atoms with Crippen LogP contribution >= 0.6 is 0 Å². The van der Waals surface area contributed by atoms with Gasteiger partial charge in [0.05, 0.1) is 6.61 Å². The molecule has 1 fully saturated rings. The van der Waals surface area contributed by atoms with Crippen molar-refractivity contribution >= 4 is 22.1 Å². The highest BCUT2D eigenvalue weighted by molar-refractivity contribution is 7.85. The number of hydrogen-bond acceptors (Lipinski definition) is 11. The molecule has 0 aromatic heterocycles. The van der Waals surface area contributed by atoms with Crippen LogP contribution in [0.2, 0.25) is 0 Å². The Morgan fingerprint density at radius 1 is 0.531 bits per heavy atom. The zero-order chi connectivity index (χ0) is 46.9. The Morgan fingerprint density at radius 3 is 1.47 bits per heavy atom. The minimum atomic E-state index is -4.61. The Kier molecular flexibility index (Phi) is 37.7. The van der Waals surface area contributed by atoms with Crippen molar-refractivity contribution in [3.63, 3.8) is 0 Å². The summed E-state index contributed by atoms with van der Waals surface area (Å²) in [6, 6.07) is 0. The summed E-state index contributed by atoms with van der Waals surface area (Å²) >= 11 is 0. The van der Waals surface area contributed by atoms with E-state index in [-0.39, 0.29) is 19.4 Å². The molecule has 1 rings (SSSR count). The second kappa shape index (κ2) is 40.6. The predicted molar refractivity (Wildman–Crippen MR) is 256 cm³/mol. The summed E-state index contributed by atoms with van der Waals surface area (Å²) in [5.74, 6) is -2.06. The Balaban J connectivity index is 2.45. The quantitative estimate of drug-likeness (QED) is 0.0197. The van der Waals surface area contributed by atoms with Crippen molar-refractivity contribution in [3.05, 3.63) is 60.8 Å². The van der Waals surface area contributed by atoms with E-state index in [9.17, 15) is 37.9 Å². The lowest BCUT2D eigenvalue weighted by atomic mass is 10.00. The van der Waals surface area contributed by atoms with Crippen LogP contribution in [0.1, 0.15) is 194 Å². The third-order valence-electron chi connectivity index (χ3n) is 11.1. The lowest BCUT2D eigenvalue weighted by Crippen LogP contribution is -2.60. The molecule has 4 N–H and O–H groups in total. The molecule has 0 aliphatic carbocycles. The zero-order valence-corrected chi connectivity index (χ0v) is 40.4. The van der Waals surface area contributed by atoms with Gasteiger partial charge in [-0.2, -0.15) is 8.42 Å². The van der Waals surface area contributed by atoms with Crippen LogP contribution < -0.4 is 0 Å². The van der Waals surface area contributed by atoms with Gasteiger partial charge in [-0.05, 0) is 77.0 Å². The van der Waals surface area contributed by atoms with E-state index in [2.05, 4.69) is 62.5 Å². The highest BCUT2D eigenvalue weighted by Gasteiger charge is 2.46. The van der Waals surface area contributed by atoms with E-state index in [1.807, 2.05) is 12.2 Å². The smallest absolute Gasteiger partial charge is 0.306 e. The van der Waals surface area contributed by atoms with Gasteiger partial charge in [-0.15, -0.1) is 0 Å². The number of hydrogen-bond donors (Lipinski definition) is 4. The molecule has 64 heavy (non-hydrogen) atoms. The maximum Gasteiger partial charge on any atom is 0.306 e. The number of rotatable bonds is 41. The third-order valence-corrected chi connectivity index (χ3v) is 11.8. The van der Waals surface area contributed by atoms with Crippen molar-refractivity contribution in [2.24, 2.45) is 0 Å². The summed E-state index contributed by atoms with van der Waals surface area (Å²) in [6.45, 7) is 3.70. The van der Waals surface area contributed by atoms with Crippen molar-refractivity contribution in [1.29, 1.82) is 0 Å². The number of unbranched alkanes of at least 4 members (excludes halogenated alkanes) is 19. The maximum atomic E-state index is 12.8. The number of aliphatic hydroxyl groups excluding tert-OH is 3. The van der Waals surface area contributed by atoms with E-state index in [0.717, 1.165) is 57.8 Å². The molecule has 13 heteroatoms. The summed E-state index contributed by atoms with van der Waals surface area (Å²) in [7, 11) is -4.61. The fraction of sp³-hybridized carbons (Fsp3) is 0.765. The van der Waals surface area contributed by atoms with Crippen molar-refractivity contribution in [2.45, 2.75) is 230 Å². The number of allylic oxidation sites excluding steroid dienone is 10. The molecule has 0 bridgehead atoms. The normalized spacial score (nSPS) is 20.1. The van der Waals surface area contributed by atoms with E-state index in [1.165, 1.54) is 89.9 Å². The number of ether oxygens (including phenoxy) is 4. The average Bonchev–Trinajstić information content (AvgIpc) is 3.26. The first-order valence-electron chi connectivity index (χ1n) is 24.8. The molecular formula is C51H88O12S. The maximum absolute atomic E-state index is 12.8. The fourth-order valence-corrected chi connectivity index (χ4v) is 7.88. The molecule has 0 radical (unpaired) electrons. The Hall–Kier alpha value is -2.65. The molecule has 1 aliphatic heterocycles. The molecule has 0 aromatic rings. The van der Waals surface area contributed by atoms with Gasteiger partial charge in [0.15, 0.2) is 12.4 Å². The highest BCUT2D eigenvalue weighted by Crippen LogP contribution is 2.24. The van der Waals surface area contributed by atoms with Crippen LogP contribution in [-0.2, 0) is 38.7 Å². The standard InChI is InChI=1S/C51H88O12S/c1-3-5-7-9-11-13-15-17-19-20-21-22-23-24-26-28-30-32-34-36-38-40-47(53)62-44(42-61-51-50(56)49(55)48(54)45(63-51)43-64(57,58)59)41-60-46(52)39-37-35-33-31-29-27-25-18-16-14-12-10-8-6-4-2/h14,16,19-20,22-23,26,28,32,34,44-45,48-51,54-56H,3-13,15,17-18,21,24-25,27,29-31,33,35-43H2,1-2H3,(H,57,58,59)/b16-14+,20-19+,23-22+,28-26+,34-32+/t44-,45-,48-,49?,50?,51+/m1/s1. The topological polar surface area (TPSA) is 186 Å². The van der Waals surface area contributed by atoms with Gasteiger partial charge in [0.2, 0.25) is 0 Å². The number of carbonyl (C=O) groups is 2. The lowest BCUT2D eigenvalue weighted by Gasteiger charge is -2.40. The monoisotopic (exact) mass is 925 g/mol. The lowest BCUT2D eigenvalue weighted by molar-refractivity contribution is -0.297. The predicted octanol–water partition coefficient (Wildman–Crippen LogP) is 10.9. The Morgan fingerprint density at radius 2 is 0.953 bits per heavy atom. The van der Waals surface area contributed by atoms with Crippen molar-refractivity contribution in [3.8, 4) is 0 Å². The molecule has 12 nitrogen and oxygen atoms in total. The van der Waals surface area contributed by atoms with Crippen LogP contribution in [0.4, 0.5) is 0 Å². The largest absolute Gasteiger partial charge is 0.462 e. The number of carbonyl (C=O) groups excluding carboxylic acids is 2. The van der Waals surface area contributed by atoms with Gasteiger partial charge in [-0.3, -0.25) is 14.1 Å². The second-order valence-electron chi connectivity index (χ2n) is 17.1. The first kappa shape index (κ1) is 59.4. The van der Waals surface area contributed by atoms with Crippen LogP contribution in [0.25, 0.3) is 0 Å². The van der Waals surface area contributed by atoms with Gasteiger partial charge in [0.1, 0.15) is 36.8 Å².